The molecule has 1 saturated heterocycles. The van der Waals surface area contributed by atoms with Crippen LogP contribution in [0.4, 0.5) is 0 Å². The molecule has 20 heavy (non-hydrogen) atoms. The van der Waals surface area contributed by atoms with Gasteiger partial charge in [0.1, 0.15) is 0 Å². The van der Waals surface area contributed by atoms with Gasteiger partial charge < -0.3 is 9.64 Å². The zero-order valence-electron chi connectivity index (χ0n) is 11.7. The molecule has 1 atom stereocenters. The van der Waals surface area contributed by atoms with E-state index in [1.54, 1.807) is 18.6 Å². The second-order valence-electron chi connectivity index (χ2n) is 5.70. The predicted octanol–water partition coefficient (Wildman–Crippen LogP) is 1.44. The van der Waals surface area contributed by atoms with Crippen molar-refractivity contribution in [3.8, 4) is 0 Å². The molecule has 2 fully saturated rings. The Morgan fingerprint density at radius 3 is 2.90 bits per heavy atom. The van der Waals surface area contributed by atoms with Gasteiger partial charge in [-0.05, 0) is 25.7 Å². The highest BCUT2D eigenvalue weighted by Gasteiger charge is 2.34. The second kappa shape index (κ2) is 6.31. The van der Waals surface area contributed by atoms with Gasteiger partial charge in [-0.2, -0.15) is 0 Å². The van der Waals surface area contributed by atoms with E-state index in [0.717, 1.165) is 44.7 Å². The predicted molar refractivity (Wildman–Crippen MR) is 74.0 cm³/mol. The average molecular weight is 275 g/mol. The summed E-state index contributed by atoms with van der Waals surface area (Å²) < 4.78 is 5.41. The number of aromatic nitrogens is 2. The molecule has 1 aliphatic carbocycles. The van der Waals surface area contributed by atoms with E-state index in [4.69, 9.17) is 4.74 Å². The molecule has 0 spiro atoms. The number of hydrogen-bond acceptors (Lipinski definition) is 4. The largest absolute Gasteiger partial charge is 0.381 e. The third-order valence-corrected chi connectivity index (χ3v) is 4.00. The smallest absolute Gasteiger partial charge is 0.223 e. The van der Waals surface area contributed by atoms with E-state index < -0.39 is 0 Å². The molecule has 108 valence electrons. The molecule has 1 unspecified atom stereocenters. The van der Waals surface area contributed by atoms with Crippen LogP contribution in [0, 0.1) is 5.92 Å². The normalized spacial score (nSPS) is 21.9. The standard InChI is InChI=1S/C15H21N3O2/c19-15(4-1-13-9-16-6-7-17-13)18(14-2-3-14)10-12-5-8-20-11-12/h6-7,9,12,14H,1-5,8,10-11H2. The minimum absolute atomic E-state index is 0.255. The molecule has 0 bridgehead atoms. The zero-order chi connectivity index (χ0) is 13.8. The lowest BCUT2D eigenvalue weighted by molar-refractivity contribution is -0.132. The number of rotatable bonds is 6. The molecule has 1 amide bonds. The molecule has 1 aromatic rings. The summed E-state index contributed by atoms with van der Waals surface area (Å²) in [4.78, 5) is 22.8. The van der Waals surface area contributed by atoms with Gasteiger partial charge in [0.15, 0.2) is 0 Å². The molecule has 0 radical (unpaired) electrons. The maximum Gasteiger partial charge on any atom is 0.223 e. The van der Waals surface area contributed by atoms with Gasteiger partial charge >= 0.3 is 0 Å². The van der Waals surface area contributed by atoms with Crippen molar-refractivity contribution in [2.45, 2.75) is 38.1 Å². The Bertz CT molecular complexity index is 442. The first kappa shape index (κ1) is 13.5. The number of amides is 1. The van der Waals surface area contributed by atoms with Gasteiger partial charge in [-0.1, -0.05) is 0 Å². The molecule has 3 rings (SSSR count). The summed E-state index contributed by atoms with van der Waals surface area (Å²) in [5.74, 6) is 0.779. The molecule has 5 heteroatoms. The van der Waals surface area contributed by atoms with Crippen LogP contribution in [-0.2, 0) is 16.0 Å². The monoisotopic (exact) mass is 275 g/mol. The van der Waals surface area contributed by atoms with Gasteiger partial charge in [0.05, 0.1) is 12.3 Å². The van der Waals surface area contributed by atoms with Gasteiger partial charge in [0.25, 0.3) is 0 Å². The van der Waals surface area contributed by atoms with Crippen molar-refractivity contribution >= 4 is 5.91 Å². The van der Waals surface area contributed by atoms with Gasteiger partial charge in [0, 0.05) is 50.1 Å². The highest BCUT2D eigenvalue weighted by atomic mass is 16.5. The van der Waals surface area contributed by atoms with Gasteiger partial charge in [-0.3, -0.25) is 14.8 Å². The Morgan fingerprint density at radius 2 is 2.25 bits per heavy atom. The van der Waals surface area contributed by atoms with Crippen molar-refractivity contribution in [2.24, 2.45) is 5.92 Å². The molecule has 5 nitrogen and oxygen atoms in total. The average Bonchev–Trinajstić information content (AvgIpc) is 3.20. The number of aryl methyl sites for hydroxylation is 1. The summed E-state index contributed by atoms with van der Waals surface area (Å²) in [5, 5.41) is 0. The quantitative estimate of drug-likeness (QED) is 0.788. The van der Waals surface area contributed by atoms with Gasteiger partial charge in [-0.25, -0.2) is 0 Å². The molecule has 0 aromatic carbocycles. The fourth-order valence-electron chi connectivity index (χ4n) is 2.68. The zero-order valence-corrected chi connectivity index (χ0v) is 11.7. The number of hydrogen-bond donors (Lipinski definition) is 0. The fraction of sp³-hybridized carbons (Fsp3) is 0.667. The van der Waals surface area contributed by atoms with Crippen LogP contribution >= 0.6 is 0 Å². The van der Waals surface area contributed by atoms with Crippen LogP contribution < -0.4 is 0 Å². The lowest BCUT2D eigenvalue weighted by Crippen LogP contribution is -2.37. The first-order valence-electron chi connectivity index (χ1n) is 7.45. The highest BCUT2D eigenvalue weighted by molar-refractivity contribution is 5.77. The third kappa shape index (κ3) is 3.54. The summed E-state index contributed by atoms with van der Waals surface area (Å²) in [6, 6.07) is 0.477. The summed E-state index contributed by atoms with van der Waals surface area (Å²) in [6.45, 7) is 2.52. The molecule has 2 heterocycles. The Balaban J connectivity index is 1.52. The van der Waals surface area contributed by atoms with Crippen molar-refractivity contribution in [3.63, 3.8) is 0 Å². The number of carbonyl (C=O) groups excluding carboxylic acids is 1. The van der Waals surface area contributed by atoms with Crippen LogP contribution in [-0.4, -0.2) is 46.6 Å². The lowest BCUT2D eigenvalue weighted by atomic mass is 10.1. The van der Waals surface area contributed by atoms with E-state index in [9.17, 15) is 4.79 Å². The molecule has 1 aromatic heterocycles. The van der Waals surface area contributed by atoms with Crippen molar-refractivity contribution in [2.75, 3.05) is 19.8 Å². The van der Waals surface area contributed by atoms with Crippen LogP contribution in [0.5, 0.6) is 0 Å². The van der Waals surface area contributed by atoms with Crippen LogP contribution in [0.2, 0.25) is 0 Å². The number of nitrogens with zero attached hydrogens (tertiary/aromatic N) is 3. The lowest BCUT2D eigenvalue weighted by Gasteiger charge is -2.25. The van der Waals surface area contributed by atoms with Gasteiger partial charge in [-0.15, -0.1) is 0 Å². The van der Waals surface area contributed by atoms with E-state index in [0.29, 0.717) is 24.8 Å². The first-order chi connectivity index (χ1) is 9.83. The SMILES string of the molecule is O=C(CCc1cnccn1)N(CC1CCOC1)C1CC1. The van der Waals surface area contributed by atoms with E-state index in [1.165, 1.54) is 0 Å². The van der Waals surface area contributed by atoms with Gasteiger partial charge in [0.2, 0.25) is 5.91 Å². The Hall–Kier alpha value is -1.49. The molecular weight excluding hydrogens is 254 g/mol. The van der Waals surface area contributed by atoms with E-state index in [1.807, 2.05) is 0 Å². The summed E-state index contributed by atoms with van der Waals surface area (Å²) >= 11 is 0. The van der Waals surface area contributed by atoms with Crippen molar-refractivity contribution in [1.82, 2.24) is 14.9 Å². The molecular formula is C15H21N3O2. The minimum atomic E-state index is 0.255. The van der Waals surface area contributed by atoms with E-state index >= 15 is 0 Å². The van der Waals surface area contributed by atoms with Crippen molar-refractivity contribution in [3.05, 3.63) is 24.3 Å². The maximum absolute atomic E-state index is 12.4. The van der Waals surface area contributed by atoms with Crippen LogP contribution in [0.3, 0.4) is 0 Å². The summed E-state index contributed by atoms with van der Waals surface area (Å²) in [6.07, 6.45) is 9.67. The maximum atomic E-state index is 12.4. The Labute approximate surface area is 119 Å². The van der Waals surface area contributed by atoms with Crippen LogP contribution in [0.15, 0.2) is 18.6 Å². The number of carbonyl (C=O) groups is 1. The first-order valence-corrected chi connectivity index (χ1v) is 7.45. The topological polar surface area (TPSA) is 55.3 Å². The Morgan fingerprint density at radius 1 is 1.35 bits per heavy atom. The van der Waals surface area contributed by atoms with E-state index in [2.05, 4.69) is 14.9 Å². The molecule has 2 aliphatic rings. The third-order valence-electron chi connectivity index (χ3n) is 4.00. The minimum Gasteiger partial charge on any atom is -0.381 e. The second-order valence-corrected chi connectivity index (χ2v) is 5.70. The number of ether oxygens (including phenoxy) is 1. The highest BCUT2D eigenvalue weighted by Crippen LogP contribution is 2.29. The van der Waals surface area contributed by atoms with Crippen molar-refractivity contribution in [1.29, 1.82) is 0 Å². The van der Waals surface area contributed by atoms with Crippen LogP contribution in [0.1, 0.15) is 31.4 Å². The molecule has 0 N–H and O–H groups in total. The molecule has 1 saturated carbocycles. The summed E-state index contributed by atoms with van der Waals surface area (Å²) in [7, 11) is 0. The molecule has 1 aliphatic heterocycles. The fourth-order valence-corrected chi connectivity index (χ4v) is 2.68. The summed E-state index contributed by atoms with van der Waals surface area (Å²) in [5.41, 5.74) is 0.890. The Kier molecular flexibility index (Phi) is 4.25. The van der Waals surface area contributed by atoms with Crippen LogP contribution in [0.25, 0.3) is 0 Å². The van der Waals surface area contributed by atoms with E-state index in [-0.39, 0.29) is 5.91 Å². The van der Waals surface area contributed by atoms with Crippen molar-refractivity contribution < 1.29 is 9.53 Å².